The Hall–Kier alpha value is -0.770. The van der Waals surface area contributed by atoms with Crippen LogP contribution in [0, 0.1) is 0 Å². The fourth-order valence-electron chi connectivity index (χ4n) is 2.65. The van der Waals surface area contributed by atoms with Gasteiger partial charge in [0.25, 0.3) is 0 Å². The van der Waals surface area contributed by atoms with E-state index < -0.39 is 5.60 Å². The highest BCUT2D eigenvalue weighted by molar-refractivity contribution is 5.68. The van der Waals surface area contributed by atoms with Gasteiger partial charge in [-0.2, -0.15) is 0 Å². The molecule has 2 N–H and O–H groups in total. The van der Waals surface area contributed by atoms with Crippen molar-refractivity contribution in [1.82, 2.24) is 10.6 Å². The third kappa shape index (κ3) is 3.11. The Balaban J connectivity index is 1.79. The van der Waals surface area contributed by atoms with Crippen molar-refractivity contribution in [1.29, 1.82) is 0 Å². The number of nitrogens with one attached hydrogen (secondary N) is 2. The fourth-order valence-corrected chi connectivity index (χ4v) is 2.65. The summed E-state index contributed by atoms with van der Waals surface area (Å²) < 4.78 is 5.26. The van der Waals surface area contributed by atoms with Crippen molar-refractivity contribution < 1.29 is 9.53 Å². The van der Waals surface area contributed by atoms with Crippen molar-refractivity contribution in [2.75, 3.05) is 0 Å². The van der Waals surface area contributed by atoms with E-state index in [4.69, 9.17) is 4.74 Å². The second-order valence-electron chi connectivity index (χ2n) is 5.95. The SMILES string of the molecule is CC(C)(C)OC(=O)NC1CC2CCC(C1)N2. The molecule has 2 unspecified atom stereocenters. The van der Waals surface area contributed by atoms with Gasteiger partial charge in [0, 0.05) is 18.1 Å². The molecule has 1 amide bonds. The third-order valence-electron chi connectivity index (χ3n) is 3.19. The van der Waals surface area contributed by atoms with E-state index >= 15 is 0 Å². The highest BCUT2D eigenvalue weighted by Gasteiger charge is 2.34. The van der Waals surface area contributed by atoms with E-state index in [0.29, 0.717) is 12.1 Å². The lowest BCUT2D eigenvalue weighted by Crippen LogP contribution is -2.49. The summed E-state index contributed by atoms with van der Waals surface area (Å²) in [5, 5.41) is 6.52. The second kappa shape index (κ2) is 4.24. The minimum atomic E-state index is -0.407. The minimum Gasteiger partial charge on any atom is -0.444 e. The topological polar surface area (TPSA) is 50.4 Å². The number of hydrogen-bond acceptors (Lipinski definition) is 3. The van der Waals surface area contributed by atoms with Gasteiger partial charge in [-0.25, -0.2) is 4.79 Å². The maximum absolute atomic E-state index is 11.6. The van der Waals surface area contributed by atoms with Crippen LogP contribution in [0.4, 0.5) is 4.79 Å². The van der Waals surface area contributed by atoms with E-state index in [-0.39, 0.29) is 12.1 Å². The average Bonchev–Trinajstić information content (AvgIpc) is 2.42. The molecule has 0 aromatic rings. The highest BCUT2D eigenvalue weighted by atomic mass is 16.6. The first kappa shape index (κ1) is 11.7. The number of carbonyl (C=O) groups excluding carboxylic acids is 1. The molecular weight excluding hydrogens is 204 g/mol. The summed E-state index contributed by atoms with van der Waals surface area (Å²) >= 11 is 0. The van der Waals surface area contributed by atoms with Crippen LogP contribution in [0.1, 0.15) is 46.5 Å². The first-order valence-electron chi connectivity index (χ1n) is 6.18. The van der Waals surface area contributed by atoms with Crippen LogP contribution in [0.15, 0.2) is 0 Å². The lowest BCUT2D eigenvalue weighted by molar-refractivity contribution is 0.0489. The fraction of sp³-hybridized carbons (Fsp3) is 0.917. The Morgan fingerprint density at radius 3 is 2.31 bits per heavy atom. The van der Waals surface area contributed by atoms with E-state index in [2.05, 4.69) is 10.6 Å². The quantitative estimate of drug-likeness (QED) is 0.716. The predicted octanol–water partition coefficient (Wildman–Crippen LogP) is 1.79. The zero-order chi connectivity index (χ0) is 11.8. The number of amides is 1. The van der Waals surface area contributed by atoms with Crippen molar-refractivity contribution in [3.63, 3.8) is 0 Å². The van der Waals surface area contributed by atoms with Gasteiger partial charge in [0.2, 0.25) is 0 Å². The molecular formula is C12H22N2O2. The molecule has 0 aliphatic carbocycles. The van der Waals surface area contributed by atoms with Gasteiger partial charge in [-0.05, 0) is 46.5 Å². The molecule has 2 fully saturated rings. The summed E-state index contributed by atoms with van der Waals surface area (Å²) in [5.74, 6) is 0. The summed E-state index contributed by atoms with van der Waals surface area (Å²) in [7, 11) is 0. The first-order valence-corrected chi connectivity index (χ1v) is 6.18. The molecule has 2 aliphatic rings. The van der Waals surface area contributed by atoms with Crippen LogP contribution < -0.4 is 10.6 Å². The number of ether oxygens (including phenoxy) is 1. The van der Waals surface area contributed by atoms with Crippen molar-refractivity contribution in [2.45, 2.75) is 70.2 Å². The summed E-state index contributed by atoms with van der Waals surface area (Å²) in [6, 6.07) is 1.48. The normalized spacial score (nSPS) is 33.6. The minimum absolute atomic E-state index is 0.279. The predicted molar refractivity (Wildman–Crippen MR) is 62.3 cm³/mol. The van der Waals surface area contributed by atoms with Gasteiger partial charge < -0.3 is 15.4 Å². The highest BCUT2D eigenvalue weighted by Crippen LogP contribution is 2.26. The largest absolute Gasteiger partial charge is 0.444 e. The Morgan fingerprint density at radius 2 is 1.81 bits per heavy atom. The summed E-state index contributed by atoms with van der Waals surface area (Å²) in [4.78, 5) is 11.6. The molecule has 2 heterocycles. The average molecular weight is 226 g/mol. The van der Waals surface area contributed by atoms with Crippen LogP contribution in [0.5, 0.6) is 0 Å². The van der Waals surface area contributed by atoms with E-state index in [0.717, 1.165) is 12.8 Å². The van der Waals surface area contributed by atoms with E-state index in [1.165, 1.54) is 12.8 Å². The molecule has 2 saturated heterocycles. The van der Waals surface area contributed by atoms with E-state index in [9.17, 15) is 4.79 Å². The van der Waals surface area contributed by atoms with Crippen LogP contribution in [0.2, 0.25) is 0 Å². The van der Waals surface area contributed by atoms with Crippen LogP contribution in [0.3, 0.4) is 0 Å². The molecule has 16 heavy (non-hydrogen) atoms. The molecule has 0 aromatic heterocycles. The van der Waals surface area contributed by atoms with E-state index in [1.807, 2.05) is 20.8 Å². The number of piperidine rings is 1. The number of alkyl carbamates (subject to hydrolysis) is 1. The van der Waals surface area contributed by atoms with Gasteiger partial charge >= 0.3 is 6.09 Å². The number of fused-ring (bicyclic) bond motifs is 2. The molecule has 2 rings (SSSR count). The van der Waals surface area contributed by atoms with Crippen LogP contribution in [-0.4, -0.2) is 29.8 Å². The molecule has 2 atom stereocenters. The third-order valence-corrected chi connectivity index (χ3v) is 3.19. The summed E-state index contributed by atoms with van der Waals surface area (Å²) in [5.41, 5.74) is -0.407. The molecule has 0 aromatic carbocycles. The van der Waals surface area contributed by atoms with Crippen molar-refractivity contribution in [3.05, 3.63) is 0 Å². The zero-order valence-corrected chi connectivity index (χ0v) is 10.4. The molecule has 2 aliphatic heterocycles. The maximum atomic E-state index is 11.6. The monoisotopic (exact) mass is 226 g/mol. The van der Waals surface area contributed by atoms with Crippen molar-refractivity contribution in [2.24, 2.45) is 0 Å². The Kier molecular flexibility index (Phi) is 3.10. The molecule has 0 radical (unpaired) electrons. The number of rotatable bonds is 1. The van der Waals surface area contributed by atoms with Gasteiger partial charge in [-0.3, -0.25) is 0 Å². The molecule has 2 bridgehead atoms. The van der Waals surface area contributed by atoms with Crippen LogP contribution in [0.25, 0.3) is 0 Å². The second-order valence-corrected chi connectivity index (χ2v) is 5.95. The molecule has 92 valence electrons. The van der Waals surface area contributed by atoms with Crippen molar-refractivity contribution in [3.8, 4) is 0 Å². The first-order chi connectivity index (χ1) is 7.42. The lowest BCUT2D eigenvalue weighted by Gasteiger charge is -2.30. The zero-order valence-electron chi connectivity index (χ0n) is 10.4. The Bertz CT molecular complexity index is 261. The number of hydrogen-bond donors (Lipinski definition) is 2. The maximum Gasteiger partial charge on any atom is 0.407 e. The molecule has 0 saturated carbocycles. The molecule has 4 nitrogen and oxygen atoms in total. The Labute approximate surface area is 97.1 Å². The number of carbonyl (C=O) groups is 1. The van der Waals surface area contributed by atoms with Crippen molar-refractivity contribution >= 4 is 6.09 Å². The van der Waals surface area contributed by atoms with E-state index in [1.54, 1.807) is 0 Å². The van der Waals surface area contributed by atoms with Crippen LogP contribution >= 0.6 is 0 Å². The van der Waals surface area contributed by atoms with Gasteiger partial charge in [0.05, 0.1) is 0 Å². The van der Waals surface area contributed by atoms with Gasteiger partial charge in [0.15, 0.2) is 0 Å². The lowest BCUT2D eigenvalue weighted by atomic mass is 10.0. The van der Waals surface area contributed by atoms with Gasteiger partial charge in [0.1, 0.15) is 5.60 Å². The Morgan fingerprint density at radius 1 is 1.25 bits per heavy atom. The summed E-state index contributed by atoms with van der Waals surface area (Å²) in [6.45, 7) is 5.66. The summed E-state index contributed by atoms with van der Waals surface area (Å²) in [6.07, 6.45) is 4.29. The van der Waals surface area contributed by atoms with Crippen LogP contribution in [-0.2, 0) is 4.74 Å². The van der Waals surface area contributed by atoms with Gasteiger partial charge in [-0.15, -0.1) is 0 Å². The standard InChI is InChI=1S/C12H22N2O2/c1-12(2,3)16-11(15)14-10-6-8-4-5-9(7-10)13-8/h8-10,13H,4-7H2,1-3H3,(H,14,15). The smallest absolute Gasteiger partial charge is 0.407 e. The molecule has 4 heteroatoms. The molecule has 0 spiro atoms. The van der Waals surface area contributed by atoms with Gasteiger partial charge in [-0.1, -0.05) is 0 Å².